The largest absolute Gasteiger partial charge is 0.435 e. The van der Waals surface area contributed by atoms with E-state index in [1.165, 1.54) is 0 Å². The second kappa shape index (κ2) is 6.78. The number of nitrogens with zero attached hydrogens (tertiary/aromatic N) is 2. The van der Waals surface area contributed by atoms with E-state index in [0.717, 1.165) is 25.5 Å². The molecule has 2 heterocycles. The first-order chi connectivity index (χ1) is 8.91. The van der Waals surface area contributed by atoms with Crippen molar-refractivity contribution in [2.24, 2.45) is 11.7 Å². The van der Waals surface area contributed by atoms with Crippen molar-refractivity contribution in [3.8, 4) is 0 Å². The second-order valence-electron chi connectivity index (χ2n) is 5.17. The Morgan fingerprint density at radius 1 is 1.50 bits per heavy atom. The molecule has 116 valence electrons. The lowest BCUT2D eigenvalue weighted by Gasteiger charge is -2.39. The van der Waals surface area contributed by atoms with Gasteiger partial charge in [0.1, 0.15) is 0 Å². The maximum atomic E-state index is 12.5. The van der Waals surface area contributed by atoms with E-state index in [9.17, 15) is 13.2 Å². The number of hydrogen-bond donors (Lipinski definition) is 2. The third-order valence-electron chi connectivity index (χ3n) is 3.77. The smallest absolute Gasteiger partial charge is 0.329 e. The molecule has 4 nitrogen and oxygen atoms in total. The molecule has 20 heavy (non-hydrogen) atoms. The Morgan fingerprint density at radius 2 is 2.20 bits per heavy atom. The molecule has 0 saturated carbocycles. The van der Waals surface area contributed by atoms with E-state index in [1.807, 2.05) is 0 Å². The summed E-state index contributed by atoms with van der Waals surface area (Å²) in [6.07, 6.45) is -2.22. The molecule has 1 aliphatic rings. The molecule has 1 saturated heterocycles. The van der Waals surface area contributed by atoms with E-state index in [4.69, 9.17) is 5.73 Å². The van der Waals surface area contributed by atoms with Gasteiger partial charge in [-0.05, 0) is 31.4 Å². The van der Waals surface area contributed by atoms with Crippen LogP contribution >= 0.6 is 12.4 Å². The van der Waals surface area contributed by atoms with Gasteiger partial charge in [-0.25, -0.2) is 0 Å². The van der Waals surface area contributed by atoms with Gasteiger partial charge in [0, 0.05) is 24.8 Å². The topological polar surface area (TPSA) is 57.9 Å². The van der Waals surface area contributed by atoms with Gasteiger partial charge in [0.2, 0.25) is 0 Å². The summed E-state index contributed by atoms with van der Waals surface area (Å²) in [4.78, 5) is 2.14. The highest BCUT2D eigenvalue weighted by atomic mass is 35.5. The van der Waals surface area contributed by atoms with Crippen LogP contribution in [0, 0.1) is 5.92 Å². The van der Waals surface area contributed by atoms with Gasteiger partial charge >= 0.3 is 6.18 Å². The minimum Gasteiger partial charge on any atom is -0.329 e. The van der Waals surface area contributed by atoms with Crippen LogP contribution < -0.4 is 5.73 Å². The number of nitrogens with one attached hydrogen (secondary N) is 1. The van der Waals surface area contributed by atoms with E-state index in [-0.39, 0.29) is 18.4 Å². The third-order valence-corrected chi connectivity index (χ3v) is 3.77. The Hall–Kier alpha value is -0.790. The van der Waals surface area contributed by atoms with Crippen LogP contribution in [-0.2, 0) is 12.7 Å². The number of nitrogens with two attached hydrogens (primary N) is 1. The van der Waals surface area contributed by atoms with Crippen LogP contribution in [0.25, 0.3) is 0 Å². The fourth-order valence-corrected chi connectivity index (χ4v) is 2.72. The summed E-state index contributed by atoms with van der Waals surface area (Å²) < 4.78 is 37.4. The number of aromatic amines is 1. The number of piperidine rings is 1. The SMILES string of the molecule is CC1CCCN(Cc2cc(C(F)(F)F)n[nH]2)C1CN.Cl. The molecular weight excluding hydrogens is 293 g/mol. The minimum absolute atomic E-state index is 0. The molecule has 2 rings (SSSR count). The van der Waals surface area contributed by atoms with Crippen LogP contribution in [0.2, 0.25) is 0 Å². The number of alkyl halides is 3. The molecule has 0 radical (unpaired) electrons. The maximum Gasteiger partial charge on any atom is 0.435 e. The van der Waals surface area contributed by atoms with E-state index in [1.54, 1.807) is 0 Å². The molecule has 2 unspecified atom stereocenters. The highest BCUT2D eigenvalue weighted by molar-refractivity contribution is 5.85. The van der Waals surface area contributed by atoms with Crippen molar-refractivity contribution in [1.82, 2.24) is 15.1 Å². The Balaban J connectivity index is 0.00000200. The monoisotopic (exact) mass is 312 g/mol. The Kier molecular flexibility index (Phi) is 5.85. The number of aromatic nitrogens is 2. The summed E-state index contributed by atoms with van der Waals surface area (Å²) in [5.74, 6) is 0.476. The third kappa shape index (κ3) is 3.86. The van der Waals surface area contributed by atoms with Crippen LogP contribution in [0.4, 0.5) is 13.2 Å². The zero-order valence-electron chi connectivity index (χ0n) is 11.3. The Morgan fingerprint density at radius 3 is 2.75 bits per heavy atom. The summed E-state index contributed by atoms with van der Waals surface area (Å²) in [6.45, 7) is 3.97. The van der Waals surface area contributed by atoms with Gasteiger partial charge in [0.05, 0.1) is 0 Å². The van der Waals surface area contributed by atoms with Gasteiger partial charge in [-0.2, -0.15) is 18.3 Å². The molecule has 0 amide bonds. The normalized spacial score (nSPS) is 24.4. The van der Waals surface area contributed by atoms with Crippen LogP contribution in [0.5, 0.6) is 0 Å². The van der Waals surface area contributed by atoms with Crippen LogP contribution in [-0.4, -0.2) is 34.2 Å². The molecule has 3 N–H and O–H groups in total. The minimum atomic E-state index is -4.39. The van der Waals surface area contributed by atoms with Crippen LogP contribution in [0.15, 0.2) is 6.07 Å². The number of H-pyrrole nitrogens is 1. The average molecular weight is 313 g/mol. The fraction of sp³-hybridized carbons (Fsp3) is 0.750. The number of likely N-dealkylation sites (tertiary alicyclic amines) is 1. The highest BCUT2D eigenvalue weighted by Crippen LogP contribution is 2.29. The lowest BCUT2D eigenvalue weighted by molar-refractivity contribution is -0.141. The van der Waals surface area contributed by atoms with Gasteiger partial charge in [0.25, 0.3) is 0 Å². The average Bonchev–Trinajstić information content (AvgIpc) is 2.77. The molecule has 1 aliphatic heterocycles. The van der Waals surface area contributed by atoms with Crippen LogP contribution in [0.3, 0.4) is 0 Å². The van der Waals surface area contributed by atoms with Crippen molar-refractivity contribution >= 4 is 12.4 Å². The van der Waals surface area contributed by atoms with Crippen molar-refractivity contribution in [3.05, 3.63) is 17.5 Å². The predicted molar refractivity (Wildman–Crippen MR) is 72.5 cm³/mol. The van der Waals surface area contributed by atoms with E-state index >= 15 is 0 Å². The van der Waals surface area contributed by atoms with Crippen molar-refractivity contribution in [2.45, 2.75) is 38.5 Å². The second-order valence-corrected chi connectivity index (χ2v) is 5.17. The summed E-state index contributed by atoms with van der Waals surface area (Å²) in [5, 5.41) is 5.78. The predicted octanol–water partition coefficient (Wildman–Crippen LogP) is 2.41. The molecule has 0 spiro atoms. The summed E-state index contributed by atoms with van der Waals surface area (Å²) in [6, 6.07) is 1.30. The molecule has 1 aromatic rings. The highest BCUT2D eigenvalue weighted by Gasteiger charge is 2.34. The number of hydrogen-bond acceptors (Lipinski definition) is 3. The molecule has 0 bridgehead atoms. The molecule has 1 fully saturated rings. The fourth-order valence-electron chi connectivity index (χ4n) is 2.72. The van der Waals surface area contributed by atoms with E-state index in [2.05, 4.69) is 22.0 Å². The maximum absolute atomic E-state index is 12.5. The summed E-state index contributed by atoms with van der Waals surface area (Å²) in [5.41, 5.74) is 5.39. The van der Waals surface area contributed by atoms with E-state index in [0.29, 0.717) is 24.7 Å². The van der Waals surface area contributed by atoms with Gasteiger partial charge in [-0.3, -0.25) is 10.00 Å². The summed E-state index contributed by atoms with van der Waals surface area (Å²) >= 11 is 0. The lowest BCUT2D eigenvalue weighted by atomic mass is 9.91. The van der Waals surface area contributed by atoms with Crippen LogP contribution in [0.1, 0.15) is 31.2 Å². The standard InChI is InChI=1S/C12H19F3N4.ClH/c1-8-3-2-4-19(10(8)6-16)7-9-5-11(18-17-9)12(13,14)15;/h5,8,10H,2-4,6-7,16H2,1H3,(H,17,18);1H. The zero-order valence-corrected chi connectivity index (χ0v) is 12.1. The van der Waals surface area contributed by atoms with Gasteiger partial charge in [0.15, 0.2) is 5.69 Å². The number of halogens is 4. The lowest BCUT2D eigenvalue weighted by Crippen LogP contribution is -2.48. The molecule has 0 aromatic carbocycles. The van der Waals surface area contributed by atoms with Crippen molar-refractivity contribution in [2.75, 3.05) is 13.1 Å². The number of rotatable bonds is 3. The molecular formula is C12H20ClF3N4. The van der Waals surface area contributed by atoms with Gasteiger partial charge in [-0.1, -0.05) is 6.92 Å². The first kappa shape index (κ1) is 17.3. The molecule has 1 aromatic heterocycles. The van der Waals surface area contributed by atoms with Crippen molar-refractivity contribution in [3.63, 3.8) is 0 Å². The first-order valence-electron chi connectivity index (χ1n) is 6.47. The molecule has 8 heteroatoms. The molecule has 0 aliphatic carbocycles. The van der Waals surface area contributed by atoms with Crippen molar-refractivity contribution < 1.29 is 13.2 Å². The van der Waals surface area contributed by atoms with E-state index < -0.39 is 11.9 Å². The summed E-state index contributed by atoms with van der Waals surface area (Å²) in [7, 11) is 0. The van der Waals surface area contributed by atoms with Gasteiger partial charge in [-0.15, -0.1) is 12.4 Å². The zero-order chi connectivity index (χ0) is 14.0. The Labute approximate surface area is 122 Å². The van der Waals surface area contributed by atoms with Crippen molar-refractivity contribution in [1.29, 1.82) is 0 Å². The van der Waals surface area contributed by atoms with Gasteiger partial charge < -0.3 is 5.73 Å². The first-order valence-corrected chi connectivity index (χ1v) is 6.47. The quantitative estimate of drug-likeness (QED) is 0.901. The molecule has 2 atom stereocenters. The Bertz CT molecular complexity index is 421.